The van der Waals surface area contributed by atoms with Gasteiger partial charge in [-0.05, 0) is 18.8 Å². The molecule has 3 N–H and O–H groups in total. The Morgan fingerprint density at radius 3 is 2.68 bits per heavy atom. The SMILES string of the molecule is C#CCCC(NC(=O)C1C(C)CCN1C(=O)CNC=O)C(=O)C(=O)NCC=C. The Bertz CT molecular complexity index is 670. The molecule has 4 amide bonds. The van der Waals surface area contributed by atoms with Gasteiger partial charge in [-0.2, -0.15) is 0 Å². The normalized spacial score (nSPS) is 19.1. The molecule has 1 aliphatic rings. The van der Waals surface area contributed by atoms with Crippen molar-refractivity contribution in [2.75, 3.05) is 19.6 Å². The van der Waals surface area contributed by atoms with Crippen molar-refractivity contribution in [2.24, 2.45) is 5.92 Å². The molecular formula is C19H26N4O5. The minimum Gasteiger partial charge on any atom is -0.350 e. The average molecular weight is 390 g/mol. The van der Waals surface area contributed by atoms with Crippen LogP contribution in [0.25, 0.3) is 0 Å². The smallest absolute Gasteiger partial charge is 0.289 e. The summed E-state index contributed by atoms with van der Waals surface area (Å²) in [7, 11) is 0. The lowest BCUT2D eigenvalue weighted by Gasteiger charge is -2.28. The monoisotopic (exact) mass is 390 g/mol. The molecule has 0 radical (unpaired) electrons. The van der Waals surface area contributed by atoms with E-state index < -0.39 is 35.6 Å². The van der Waals surface area contributed by atoms with E-state index in [-0.39, 0.29) is 31.8 Å². The number of hydrogen-bond acceptors (Lipinski definition) is 5. The fourth-order valence-corrected chi connectivity index (χ4v) is 3.02. The lowest BCUT2D eigenvalue weighted by molar-refractivity contribution is -0.142. The van der Waals surface area contributed by atoms with Crippen LogP contribution in [0.1, 0.15) is 26.2 Å². The molecule has 3 unspecified atom stereocenters. The van der Waals surface area contributed by atoms with Gasteiger partial charge in [0.2, 0.25) is 24.0 Å². The predicted octanol–water partition coefficient (Wildman–Crippen LogP) is -1.26. The van der Waals surface area contributed by atoms with E-state index in [0.29, 0.717) is 19.4 Å². The van der Waals surface area contributed by atoms with Gasteiger partial charge >= 0.3 is 0 Å². The van der Waals surface area contributed by atoms with Gasteiger partial charge in [-0.25, -0.2) is 0 Å². The number of amides is 4. The predicted molar refractivity (Wildman–Crippen MR) is 102 cm³/mol. The Labute approximate surface area is 164 Å². The van der Waals surface area contributed by atoms with E-state index in [0.717, 1.165) is 0 Å². The molecule has 152 valence electrons. The van der Waals surface area contributed by atoms with Gasteiger partial charge in [0.1, 0.15) is 6.04 Å². The summed E-state index contributed by atoms with van der Waals surface area (Å²) in [4.78, 5) is 61.2. The number of carbonyl (C=O) groups is 5. The van der Waals surface area contributed by atoms with Gasteiger partial charge in [-0.3, -0.25) is 24.0 Å². The third-order valence-corrected chi connectivity index (χ3v) is 4.47. The molecule has 0 bridgehead atoms. The van der Waals surface area contributed by atoms with Crippen molar-refractivity contribution in [1.82, 2.24) is 20.9 Å². The fraction of sp³-hybridized carbons (Fsp3) is 0.526. The van der Waals surface area contributed by atoms with E-state index in [4.69, 9.17) is 6.42 Å². The van der Waals surface area contributed by atoms with Gasteiger partial charge in [-0.15, -0.1) is 18.9 Å². The number of ketones is 1. The van der Waals surface area contributed by atoms with Crippen LogP contribution in [-0.4, -0.2) is 66.5 Å². The van der Waals surface area contributed by atoms with E-state index in [2.05, 4.69) is 28.4 Å². The molecule has 0 saturated carbocycles. The lowest BCUT2D eigenvalue weighted by atomic mass is 10.00. The second-order valence-corrected chi connectivity index (χ2v) is 6.46. The van der Waals surface area contributed by atoms with Crippen LogP contribution in [0.5, 0.6) is 0 Å². The van der Waals surface area contributed by atoms with Gasteiger partial charge in [0, 0.05) is 19.5 Å². The van der Waals surface area contributed by atoms with Crippen LogP contribution in [0, 0.1) is 18.3 Å². The van der Waals surface area contributed by atoms with Crippen LogP contribution in [0.15, 0.2) is 12.7 Å². The number of terminal acetylenes is 1. The summed E-state index contributed by atoms with van der Waals surface area (Å²) in [5.41, 5.74) is 0. The summed E-state index contributed by atoms with van der Waals surface area (Å²) in [5, 5.41) is 7.22. The zero-order valence-corrected chi connectivity index (χ0v) is 15.9. The minimum atomic E-state index is -1.09. The summed E-state index contributed by atoms with van der Waals surface area (Å²) >= 11 is 0. The van der Waals surface area contributed by atoms with Crippen molar-refractivity contribution < 1.29 is 24.0 Å². The van der Waals surface area contributed by atoms with Crippen LogP contribution in [-0.2, 0) is 24.0 Å². The Balaban J connectivity index is 2.89. The average Bonchev–Trinajstić information content (AvgIpc) is 3.08. The third kappa shape index (κ3) is 6.23. The Morgan fingerprint density at radius 1 is 1.36 bits per heavy atom. The molecule has 0 spiro atoms. The molecule has 1 fully saturated rings. The van der Waals surface area contributed by atoms with Crippen LogP contribution >= 0.6 is 0 Å². The van der Waals surface area contributed by atoms with Crippen LogP contribution in [0.4, 0.5) is 0 Å². The summed E-state index contributed by atoms with van der Waals surface area (Å²) < 4.78 is 0. The first-order valence-electron chi connectivity index (χ1n) is 9.00. The second-order valence-electron chi connectivity index (χ2n) is 6.46. The molecule has 1 aliphatic heterocycles. The lowest BCUT2D eigenvalue weighted by Crippen LogP contribution is -2.55. The maximum absolute atomic E-state index is 12.8. The van der Waals surface area contributed by atoms with Gasteiger partial charge in [-0.1, -0.05) is 13.0 Å². The highest BCUT2D eigenvalue weighted by Gasteiger charge is 2.40. The highest BCUT2D eigenvalue weighted by Crippen LogP contribution is 2.24. The van der Waals surface area contributed by atoms with Gasteiger partial charge in [0.15, 0.2) is 0 Å². The number of carbonyl (C=O) groups excluding carboxylic acids is 5. The summed E-state index contributed by atoms with van der Waals surface area (Å²) in [6.07, 6.45) is 7.97. The van der Waals surface area contributed by atoms with Crippen molar-refractivity contribution in [3.63, 3.8) is 0 Å². The molecule has 9 nitrogen and oxygen atoms in total. The van der Waals surface area contributed by atoms with Gasteiger partial charge in [0.25, 0.3) is 5.91 Å². The Kier molecular flexibility index (Phi) is 9.43. The van der Waals surface area contributed by atoms with Crippen molar-refractivity contribution in [3.05, 3.63) is 12.7 Å². The van der Waals surface area contributed by atoms with Crippen molar-refractivity contribution >= 4 is 29.9 Å². The van der Waals surface area contributed by atoms with Crippen LogP contribution in [0.2, 0.25) is 0 Å². The Morgan fingerprint density at radius 2 is 2.07 bits per heavy atom. The molecule has 28 heavy (non-hydrogen) atoms. The van der Waals surface area contributed by atoms with Crippen molar-refractivity contribution in [2.45, 2.75) is 38.3 Å². The summed E-state index contributed by atoms with van der Waals surface area (Å²) in [6, 6.07) is -1.88. The van der Waals surface area contributed by atoms with Crippen LogP contribution in [0.3, 0.4) is 0 Å². The summed E-state index contributed by atoms with van der Waals surface area (Å²) in [5.74, 6) is -0.340. The molecule has 9 heteroatoms. The standard InChI is InChI=1S/C19H26N4O5/c1-4-6-7-14(17(26)19(28)21-9-5-2)22-18(27)16-13(3)8-10-23(16)15(25)11-20-12-24/h1,5,12-14,16H,2,6-11H2,3H3,(H,20,24)(H,21,28)(H,22,27). The topological polar surface area (TPSA) is 125 Å². The number of nitrogens with one attached hydrogen (secondary N) is 3. The quantitative estimate of drug-likeness (QED) is 0.176. The minimum absolute atomic E-state index is 0.102. The van der Waals surface area contributed by atoms with E-state index >= 15 is 0 Å². The number of Topliss-reactive ketones (excluding diaryl/α,β-unsaturated/α-hetero) is 1. The highest BCUT2D eigenvalue weighted by molar-refractivity contribution is 6.38. The van der Waals surface area contributed by atoms with Gasteiger partial charge in [0.05, 0.1) is 12.6 Å². The third-order valence-electron chi connectivity index (χ3n) is 4.47. The molecular weight excluding hydrogens is 364 g/mol. The van der Waals surface area contributed by atoms with Crippen molar-refractivity contribution in [3.8, 4) is 12.3 Å². The molecule has 0 aliphatic carbocycles. The molecule has 0 aromatic rings. The first-order valence-corrected chi connectivity index (χ1v) is 9.00. The molecule has 1 saturated heterocycles. The fourth-order valence-electron chi connectivity index (χ4n) is 3.02. The number of likely N-dealkylation sites (tertiary alicyclic amines) is 1. The highest BCUT2D eigenvalue weighted by atomic mass is 16.2. The zero-order chi connectivity index (χ0) is 21.1. The maximum Gasteiger partial charge on any atom is 0.289 e. The Hall–Kier alpha value is -3.15. The van der Waals surface area contributed by atoms with Crippen molar-refractivity contribution in [1.29, 1.82) is 0 Å². The van der Waals surface area contributed by atoms with E-state index in [9.17, 15) is 24.0 Å². The molecule has 1 heterocycles. The van der Waals surface area contributed by atoms with Crippen LogP contribution < -0.4 is 16.0 Å². The number of nitrogens with zero attached hydrogens (tertiary/aromatic N) is 1. The molecule has 1 rings (SSSR count). The number of hydrogen-bond donors (Lipinski definition) is 3. The second kappa shape index (κ2) is 11.5. The molecule has 0 aromatic heterocycles. The largest absolute Gasteiger partial charge is 0.350 e. The van der Waals surface area contributed by atoms with E-state index in [1.807, 2.05) is 6.92 Å². The number of rotatable bonds is 11. The molecule has 3 atom stereocenters. The van der Waals surface area contributed by atoms with Gasteiger partial charge < -0.3 is 20.9 Å². The van der Waals surface area contributed by atoms with E-state index in [1.165, 1.54) is 11.0 Å². The van der Waals surface area contributed by atoms with E-state index in [1.54, 1.807) is 0 Å². The molecule has 0 aromatic carbocycles. The first-order chi connectivity index (χ1) is 13.4. The zero-order valence-electron chi connectivity index (χ0n) is 15.9. The maximum atomic E-state index is 12.8. The summed E-state index contributed by atoms with van der Waals surface area (Å²) in [6.45, 7) is 5.53. The first kappa shape index (κ1) is 22.9.